The summed E-state index contributed by atoms with van der Waals surface area (Å²) >= 11 is 0. The fourth-order valence-corrected chi connectivity index (χ4v) is 4.02. The van der Waals surface area contributed by atoms with Crippen LogP contribution in [-0.4, -0.2) is 63.3 Å². The second kappa shape index (κ2) is 22.5. The fourth-order valence-electron chi connectivity index (χ4n) is 4.02. The van der Waals surface area contributed by atoms with Gasteiger partial charge in [-0.25, -0.2) is 0 Å². The van der Waals surface area contributed by atoms with Crippen LogP contribution in [0.4, 0.5) is 0 Å². The third kappa shape index (κ3) is 15.6. The first kappa shape index (κ1) is 31.8. The van der Waals surface area contributed by atoms with E-state index >= 15 is 0 Å². The number of ether oxygens (including phenoxy) is 4. The summed E-state index contributed by atoms with van der Waals surface area (Å²) in [5.41, 5.74) is 0. The van der Waals surface area contributed by atoms with Crippen LogP contribution >= 0.6 is 0 Å². The smallest absolute Gasteiger partial charge is 0.285 e. The van der Waals surface area contributed by atoms with Gasteiger partial charge in [0, 0.05) is 38.9 Å². The van der Waals surface area contributed by atoms with Crippen LogP contribution in [0, 0.1) is 5.92 Å². The molecule has 0 saturated heterocycles. The molecule has 0 aromatic heterocycles. The number of nitrogens with one attached hydrogen (secondary N) is 1. The Hall–Kier alpha value is -0.240. The Morgan fingerprint density at radius 1 is 0.719 bits per heavy atom. The molecule has 0 radical (unpaired) electrons. The van der Waals surface area contributed by atoms with Crippen molar-refractivity contribution in [1.29, 1.82) is 0 Å². The van der Waals surface area contributed by atoms with Crippen molar-refractivity contribution in [2.45, 2.75) is 117 Å². The second-order valence-electron chi connectivity index (χ2n) is 8.58. The lowest BCUT2D eigenvalue weighted by Gasteiger charge is -2.39. The first-order valence-electron chi connectivity index (χ1n) is 13.5. The van der Waals surface area contributed by atoms with Gasteiger partial charge in [-0.15, -0.1) is 0 Å². The van der Waals surface area contributed by atoms with Gasteiger partial charge in [-0.3, -0.25) is 0 Å². The van der Waals surface area contributed by atoms with Crippen molar-refractivity contribution >= 4 is 0 Å². The number of hydrogen-bond acceptors (Lipinski definition) is 6. The van der Waals surface area contributed by atoms with Gasteiger partial charge in [0.15, 0.2) is 0 Å². The van der Waals surface area contributed by atoms with E-state index in [-0.39, 0.29) is 5.92 Å². The molecule has 0 bridgehead atoms. The molecule has 2 unspecified atom stereocenters. The van der Waals surface area contributed by atoms with E-state index in [9.17, 15) is 5.11 Å². The lowest BCUT2D eigenvalue weighted by Crippen LogP contribution is -2.47. The number of rotatable bonds is 25. The largest absolute Gasteiger partial charge is 0.389 e. The van der Waals surface area contributed by atoms with E-state index in [4.69, 9.17) is 18.9 Å². The zero-order chi connectivity index (χ0) is 23.9. The summed E-state index contributed by atoms with van der Waals surface area (Å²) in [6, 6.07) is 0. The Balaban J connectivity index is 4.62. The number of hydrogen-bond donors (Lipinski definition) is 2. The van der Waals surface area contributed by atoms with Crippen LogP contribution in [0.5, 0.6) is 0 Å². The van der Waals surface area contributed by atoms with Gasteiger partial charge in [0.1, 0.15) is 0 Å². The third-order valence-corrected chi connectivity index (χ3v) is 5.68. The standard InChI is InChI=1S/C26H55NO5/c1-6-11-13-14-15-16-18-24(26(30-8-3,31-9-4)32-10-5)19-17-20-27-22-25(28)23-29-21-12-7-2/h24-25,27-28H,6-23H2,1-5H3. The van der Waals surface area contributed by atoms with Crippen molar-refractivity contribution in [2.24, 2.45) is 5.92 Å². The van der Waals surface area contributed by atoms with E-state index in [0.717, 1.165) is 45.3 Å². The summed E-state index contributed by atoms with van der Waals surface area (Å²) < 4.78 is 23.8. The lowest BCUT2D eigenvalue weighted by molar-refractivity contribution is -0.403. The average molecular weight is 462 g/mol. The number of aliphatic hydroxyl groups excluding tert-OH is 1. The Morgan fingerprint density at radius 3 is 1.88 bits per heavy atom. The summed E-state index contributed by atoms with van der Waals surface area (Å²) in [6.45, 7) is 14.6. The van der Waals surface area contributed by atoms with Crippen molar-refractivity contribution in [1.82, 2.24) is 5.32 Å². The molecule has 0 amide bonds. The van der Waals surface area contributed by atoms with Crippen LogP contribution in [0.2, 0.25) is 0 Å². The minimum atomic E-state index is -0.950. The zero-order valence-corrected chi connectivity index (χ0v) is 22.0. The van der Waals surface area contributed by atoms with E-state index in [1.807, 2.05) is 20.8 Å². The number of unbranched alkanes of at least 4 members (excludes halogenated alkanes) is 6. The van der Waals surface area contributed by atoms with Crippen molar-refractivity contribution in [3.05, 3.63) is 0 Å². The molecule has 0 rings (SSSR count). The quantitative estimate of drug-likeness (QED) is 0.135. The summed E-state index contributed by atoms with van der Waals surface area (Å²) in [6.07, 6.45) is 12.3. The molecule has 0 aliphatic rings. The van der Waals surface area contributed by atoms with Crippen LogP contribution in [-0.2, 0) is 18.9 Å². The predicted octanol–water partition coefficient (Wildman–Crippen LogP) is 5.66. The third-order valence-electron chi connectivity index (χ3n) is 5.68. The molecule has 6 heteroatoms. The van der Waals surface area contributed by atoms with Crippen molar-refractivity contribution < 1.29 is 24.1 Å². The molecule has 0 heterocycles. The first-order valence-corrected chi connectivity index (χ1v) is 13.5. The van der Waals surface area contributed by atoms with Gasteiger partial charge in [0.25, 0.3) is 5.97 Å². The maximum absolute atomic E-state index is 10.1. The Bertz CT molecular complexity index is 366. The highest BCUT2D eigenvalue weighted by Gasteiger charge is 2.41. The van der Waals surface area contributed by atoms with Gasteiger partial charge in [0.2, 0.25) is 0 Å². The van der Waals surface area contributed by atoms with E-state index in [0.29, 0.717) is 33.0 Å². The van der Waals surface area contributed by atoms with Crippen LogP contribution in [0.3, 0.4) is 0 Å². The van der Waals surface area contributed by atoms with Crippen LogP contribution in [0.25, 0.3) is 0 Å². The fraction of sp³-hybridized carbons (Fsp3) is 1.00. The predicted molar refractivity (Wildman–Crippen MR) is 133 cm³/mol. The van der Waals surface area contributed by atoms with Gasteiger partial charge in [0.05, 0.1) is 12.7 Å². The van der Waals surface area contributed by atoms with Gasteiger partial charge >= 0.3 is 0 Å². The SMILES string of the molecule is CCCCCCCCC(CCCNCC(O)COCCCC)C(OCC)(OCC)OCC. The van der Waals surface area contributed by atoms with Crippen molar-refractivity contribution in [2.75, 3.05) is 46.1 Å². The molecule has 194 valence electrons. The van der Waals surface area contributed by atoms with Crippen molar-refractivity contribution in [3.8, 4) is 0 Å². The van der Waals surface area contributed by atoms with Crippen molar-refractivity contribution in [3.63, 3.8) is 0 Å². The van der Waals surface area contributed by atoms with Gasteiger partial charge in [-0.05, 0) is 53.0 Å². The highest BCUT2D eigenvalue weighted by atomic mass is 16.9. The Kier molecular flexibility index (Phi) is 22.4. The lowest BCUT2D eigenvalue weighted by atomic mass is 9.92. The molecule has 2 atom stereocenters. The molecule has 0 aromatic rings. The molecule has 0 spiro atoms. The summed E-state index contributed by atoms with van der Waals surface area (Å²) in [5, 5.41) is 13.4. The minimum Gasteiger partial charge on any atom is -0.389 e. The molecule has 6 nitrogen and oxygen atoms in total. The van der Waals surface area contributed by atoms with Crippen LogP contribution in [0.1, 0.15) is 105 Å². The zero-order valence-electron chi connectivity index (χ0n) is 22.0. The first-order chi connectivity index (χ1) is 15.6. The van der Waals surface area contributed by atoms with E-state index in [1.165, 1.54) is 38.5 Å². The topological polar surface area (TPSA) is 69.2 Å². The second-order valence-corrected chi connectivity index (χ2v) is 8.58. The summed E-state index contributed by atoms with van der Waals surface area (Å²) in [5.74, 6) is -0.758. The highest BCUT2D eigenvalue weighted by molar-refractivity contribution is 4.74. The molecular formula is C26H55NO5. The van der Waals surface area contributed by atoms with Gasteiger partial charge in [-0.1, -0.05) is 58.8 Å². The summed E-state index contributed by atoms with van der Waals surface area (Å²) in [4.78, 5) is 0. The minimum absolute atomic E-state index is 0.192. The Labute approximate surface area is 199 Å². The van der Waals surface area contributed by atoms with E-state index in [1.54, 1.807) is 0 Å². The molecule has 0 fully saturated rings. The van der Waals surface area contributed by atoms with Crippen LogP contribution < -0.4 is 5.32 Å². The van der Waals surface area contributed by atoms with E-state index < -0.39 is 12.1 Å². The van der Waals surface area contributed by atoms with Gasteiger partial charge < -0.3 is 29.4 Å². The summed E-state index contributed by atoms with van der Waals surface area (Å²) in [7, 11) is 0. The molecule has 0 aliphatic carbocycles. The maximum atomic E-state index is 10.1. The molecule has 0 aromatic carbocycles. The highest BCUT2D eigenvalue weighted by Crippen LogP contribution is 2.34. The van der Waals surface area contributed by atoms with E-state index in [2.05, 4.69) is 19.2 Å². The normalized spacial score (nSPS) is 14.1. The molecule has 0 saturated carbocycles. The average Bonchev–Trinajstić information content (AvgIpc) is 2.77. The molecule has 32 heavy (non-hydrogen) atoms. The van der Waals surface area contributed by atoms with Gasteiger partial charge in [-0.2, -0.15) is 0 Å². The van der Waals surface area contributed by atoms with Crippen LogP contribution in [0.15, 0.2) is 0 Å². The number of aliphatic hydroxyl groups is 1. The molecule has 2 N–H and O–H groups in total. The monoisotopic (exact) mass is 461 g/mol. The molecular weight excluding hydrogens is 406 g/mol. The molecule has 0 aliphatic heterocycles. The maximum Gasteiger partial charge on any atom is 0.285 e. The Morgan fingerprint density at radius 2 is 1.28 bits per heavy atom.